The summed E-state index contributed by atoms with van der Waals surface area (Å²) in [6, 6.07) is 5.01. The number of aliphatic imine (C=N–C) groups is 1. The largest absolute Gasteiger partial charge is 0.359 e. The minimum absolute atomic E-state index is 0.158. The Morgan fingerprint density at radius 1 is 1.29 bits per heavy atom. The number of nitrogens with zero attached hydrogens (tertiary/aromatic N) is 1. The third kappa shape index (κ3) is 3.60. The highest BCUT2D eigenvalue weighted by atomic mass is 32.2. The van der Waals surface area contributed by atoms with Crippen molar-refractivity contribution < 1.29 is 4.39 Å². The van der Waals surface area contributed by atoms with Gasteiger partial charge in [0.25, 0.3) is 0 Å². The number of rotatable bonds is 3. The molecule has 1 aromatic carbocycles. The van der Waals surface area contributed by atoms with Crippen LogP contribution in [0.2, 0.25) is 0 Å². The van der Waals surface area contributed by atoms with E-state index < -0.39 is 0 Å². The Labute approximate surface area is 130 Å². The molecule has 114 valence electrons. The van der Waals surface area contributed by atoms with E-state index in [9.17, 15) is 4.39 Å². The molecule has 0 unspecified atom stereocenters. The number of aryl methyl sites for hydroxylation is 1. The van der Waals surface area contributed by atoms with Gasteiger partial charge in [-0.15, -0.1) is 0 Å². The van der Waals surface area contributed by atoms with Crippen LogP contribution in [0.3, 0.4) is 0 Å². The number of hydrogen-bond donors (Lipinski definition) is 1. The molecule has 1 aromatic rings. The predicted octanol–water partition coefficient (Wildman–Crippen LogP) is 4.07. The maximum Gasteiger partial charge on any atom is 0.157 e. The Hall–Kier alpha value is -1.03. The van der Waals surface area contributed by atoms with E-state index in [1.54, 1.807) is 6.07 Å². The maximum absolute atomic E-state index is 13.1. The molecule has 4 heteroatoms. The SMILES string of the molecule is Cc1cc(F)ccc1CCN=C1NC2(CCCCC2)CS1. The second-order valence-corrected chi connectivity index (χ2v) is 7.23. The second-order valence-electron chi connectivity index (χ2n) is 6.26. The van der Waals surface area contributed by atoms with Gasteiger partial charge in [-0.3, -0.25) is 4.99 Å². The highest BCUT2D eigenvalue weighted by Crippen LogP contribution is 2.36. The van der Waals surface area contributed by atoms with Crippen molar-refractivity contribution in [1.82, 2.24) is 5.32 Å². The van der Waals surface area contributed by atoms with Crippen LogP contribution in [0, 0.1) is 12.7 Å². The molecule has 1 N–H and O–H groups in total. The molecule has 2 nitrogen and oxygen atoms in total. The lowest BCUT2D eigenvalue weighted by Crippen LogP contribution is -2.45. The number of nitrogens with one attached hydrogen (secondary N) is 1. The summed E-state index contributed by atoms with van der Waals surface area (Å²) < 4.78 is 13.1. The van der Waals surface area contributed by atoms with Crippen LogP contribution in [0.4, 0.5) is 4.39 Å². The fourth-order valence-corrected chi connectivity index (χ4v) is 4.55. The maximum atomic E-state index is 13.1. The summed E-state index contributed by atoms with van der Waals surface area (Å²) in [5.74, 6) is 1.01. The van der Waals surface area contributed by atoms with Crippen molar-refractivity contribution in [2.45, 2.75) is 51.0 Å². The lowest BCUT2D eigenvalue weighted by atomic mass is 9.83. The molecule has 1 aliphatic carbocycles. The minimum Gasteiger partial charge on any atom is -0.359 e. The molecule has 2 aliphatic rings. The molecule has 0 radical (unpaired) electrons. The van der Waals surface area contributed by atoms with Crippen molar-refractivity contribution in [1.29, 1.82) is 0 Å². The van der Waals surface area contributed by atoms with Gasteiger partial charge in [-0.05, 0) is 49.4 Å². The van der Waals surface area contributed by atoms with Gasteiger partial charge in [0.15, 0.2) is 5.17 Å². The van der Waals surface area contributed by atoms with Crippen LogP contribution in [0.15, 0.2) is 23.2 Å². The lowest BCUT2D eigenvalue weighted by Gasteiger charge is -2.32. The van der Waals surface area contributed by atoms with Crippen molar-refractivity contribution in [3.63, 3.8) is 0 Å². The first-order valence-electron chi connectivity index (χ1n) is 7.87. The Morgan fingerprint density at radius 2 is 2.10 bits per heavy atom. The van der Waals surface area contributed by atoms with Gasteiger partial charge >= 0.3 is 0 Å². The molecule has 0 bridgehead atoms. The van der Waals surface area contributed by atoms with Gasteiger partial charge in [0.05, 0.1) is 0 Å². The third-order valence-corrected chi connectivity index (χ3v) is 5.81. The zero-order chi connectivity index (χ0) is 14.7. The van der Waals surface area contributed by atoms with Gasteiger partial charge in [-0.2, -0.15) is 0 Å². The molecule has 1 aliphatic heterocycles. The molecule has 0 atom stereocenters. The van der Waals surface area contributed by atoms with Crippen LogP contribution in [-0.4, -0.2) is 23.0 Å². The molecule has 1 heterocycles. The summed E-state index contributed by atoms with van der Waals surface area (Å²) in [7, 11) is 0. The van der Waals surface area contributed by atoms with E-state index in [1.165, 1.54) is 49.5 Å². The van der Waals surface area contributed by atoms with Crippen LogP contribution in [-0.2, 0) is 6.42 Å². The molecule has 1 saturated carbocycles. The molecule has 0 amide bonds. The summed E-state index contributed by atoms with van der Waals surface area (Å²) in [4.78, 5) is 4.71. The summed E-state index contributed by atoms with van der Waals surface area (Å²) in [6.07, 6.45) is 7.52. The molecular weight excluding hydrogens is 283 g/mol. The molecule has 1 saturated heterocycles. The van der Waals surface area contributed by atoms with Gasteiger partial charge in [0.1, 0.15) is 5.82 Å². The number of halogens is 1. The number of hydrogen-bond acceptors (Lipinski definition) is 2. The third-order valence-electron chi connectivity index (χ3n) is 4.61. The van der Waals surface area contributed by atoms with Crippen LogP contribution in [0.1, 0.15) is 43.2 Å². The van der Waals surface area contributed by atoms with Crippen LogP contribution in [0.25, 0.3) is 0 Å². The zero-order valence-corrected chi connectivity index (χ0v) is 13.4. The highest BCUT2D eigenvalue weighted by molar-refractivity contribution is 8.14. The Kier molecular flexibility index (Phi) is 4.53. The Balaban J connectivity index is 1.55. The first kappa shape index (κ1) is 14.9. The molecule has 1 spiro atoms. The molecule has 21 heavy (non-hydrogen) atoms. The van der Waals surface area contributed by atoms with Gasteiger partial charge in [0, 0.05) is 17.8 Å². The summed E-state index contributed by atoms with van der Waals surface area (Å²) >= 11 is 1.87. The van der Waals surface area contributed by atoms with Gasteiger partial charge in [0.2, 0.25) is 0 Å². The smallest absolute Gasteiger partial charge is 0.157 e. The second kappa shape index (κ2) is 6.39. The van der Waals surface area contributed by atoms with Crippen molar-refractivity contribution in [3.05, 3.63) is 35.1 Å². The average molecular weight is 306 g/mol. The Morgan fingerprint density at radius 3 is 2.86 bits per heavy atom. The van der Waals surface area contributed by atoms with E-state index in [1.807, 2.05) is 24.8 Å². The first-order valence-corrected chi connectivity index (χ1v) is 8.86. The topological polar surface area (TPSA) is 24.4 Å². The quantitative estimate of drug-likeness (QED) is 0.910. The normalized spacial score (nSPS) is 22.7. The van der Waals surface area contributed by atoms with E-state index >= 15 is 0 Å². The fraction of sp³-hybridized carbons (Fsp3) is 0.588. The van der Waals surface area contributed by atoms with Crippen molar-refractivity contribution in [2.24, 2.45) is 4.99 Å². The summed E-state index contributed by atoms with van der Waals surface area (Å²) in [5.41, 5.74) is 2.54. The number of thioether (sulfide) groups is 1. The number of benzene rings is 1. The predicted molar refractivity (Wildman–Crippen MR) is 88.6 cm³/mol. The van der Waals surface area contributed by atoms with Crippen molar-refractivity contribution >= 4 is 16.9 Å². The van der Waals surface area contributed by atoms with Crippen LogP contribution < -0.4 is 5.32 Å². The number of amidine groups is 1. The van der Waals surface area contributed by atoms with E-state index in [-0.39, 0.29) is 5.82 Å². The lowest BCUT2D eigenvalue weighted by molar-refractivity contribution is 0.303. The molecular formula is C17H23FN2S. The summed E-state index contributed by atoms with van der Waals surface area (Å²) in [6.45, 7) is 2.74. The highest BCUT2D eigenvalue weighted by Gasteiger charge is 2.37. The van der Waals surface area contributed by atoms with E-state index in [2.05, 4.69) is 5.32 Å². The van der Waals surface area contributed by atoms with Gasteiger partial charge in [-0.1, -0.05) is 37.1 Å². The summed E-state index contributed by atoms with van der Waals surface area (Å²) in [5, 5.41) is 4.78. The molecule has 3 rings (SSSR count). The minimum atomic E-state index is -0.158. The fourth-order valence-electron chi connectivity index (χ4n) is 3.31. The van der Waals surface area contributed by atoms with Gasteiger partial charge in [-0.25, -0.2) is 4.39 Å². The van der Waals surface area contributed by atoms with Crippen molar-refractivity contribution in [3.8, 4) is 0 Å². The Bertz CT molecular complexity index is 536. The molecule has 0 aromatic heterocycles. The molecule has 2 fully saturated rings. The monoisotopic (exact) mass is 306 g/mol. The standard InChI is InChI=1S/C17H23FN2S/c1-13-11-15(18)6-5-14(13)7-10-19-16-20-17(12-21-16)8-3-2-4-9-17/h5-6,11H,2-4,7-10,12H2,1H3,(H,19,20). The first-order chi connectivity index (χ1) is 10.2. The van der Waals surface area contributed by atoms with Gasteiger partial charge < -0.3 is 5.32 Å². The zero-order valence-electron chi connectivity index (χ0n) is 12.6. The average Bonchev–Trinajstić information content (AvgIpc) is 2.85. The van der Waals surface area contributed by atoms with E-state index in [0.717, 1.165) is 23.7 Å². The van der Waals surface area contributed by atoms with Crippen LogP contribution >= 0.6 is 11.8 Å². The van der Waals surface area contributed by atoms with E-state index in [4.69, 9.17) is 4.99 Å². The van der Waals surface area contributed by atoms with Crippen molar-refractivity contribution in [2.75, 3.05) is 12.3 Å². The van der Waals surface area contributed by atoms with E-state index in [0.29, 0.717) is 5.54 Å². The van der Waals surface area contributed by atoms with Crippen LogP contribution in [0.5, 0.6) is 0 Å².